The van der Waals surface area contributed by atoms with E-state index in [9.17, 15) is 36.2 Å². The number of nitrogens with zero attached hydrogens (tertiary/aromatic N) is 5. The standard InChI is InChI=1S/C30H28F6N6O3/c1-18-15-25(22(10-14-43)27(37-18)38-24-8-5-20(29(31,32)33)16-23(24)30(34,35)36)42-11-9-26(39-42)41-13-12-40(28(41)44)17-19-3-6-21(45-2)7-4-19/h3-9,11,15-16,43H,10,12-14,17H2,1-2H3,(H,37,38). The fraction of sp³-hybridized carbons (Fsp3) is 0.300. The lowest BCUT2D eigenvalue weighted by atomic mass is 10.1. The molecule has 0 bridgehead atoms. The average molecular weight is 635 g/mol. The number of aliphatic hydroxyl groups excluding tert-OH is 1. The van der Waals surface area contributed by atoms with Gasteiger partial charge in [-0.2, -0.15) is 26.3 Å². The molecule has 238 valence electrons. The molecule has 2 aromatic heterocycles. The van der Waals surface area contributed by atoms with E-state index in [2.05, 4.69) is 15.4 Å². The molecule has 5 rings (SSSR count). The number of carbonyl (C=O) groups is 1. The van der Waals surface area contributed by atoms with Crippen LogP contribution in [0.4, 0.5) is 48.5 Å². The minimum Gasteiger partial charge on any atom is -0.497 e. The number of rotatable bonds is 9. The topological polar surface area (TPSA) is 95.8 Å². The molecule has 2 aromatic carbocycles. The number of aliphatic hydroxyl groups is 1. The van der Waals surface area contributed by atoms with E-state index >= 15 is 0 Å². The molecule has 2 N–H and O–H groups in total. The predicted molar refractivity (Wildman–Crippen MR) is 153 cm³/mol. The van der Waals surface area contributed by atoms with Crippen LogP contribution in [0, 0.1) is 6.92 Å². The molecular formula is C30H28F6N6O3. The maximum Gasteiger partial charge on any atom is 0.418 e. The second-order valence-electron chi connectivity index (χ2n) is 10.3. The van der Waals surface area contributed by atoms with E-state index in [0.29, 0.717) is 54.7 Å². The first-order valence-electron chi connectivity index (χ1n) is 13.7. The number of benzene rings is 2. The van der Waals surface area contributed by atoms with Gasteiger partial charge in [-0.05, 0) is 48.9 Å². The van der Waals surface area contributed by atoms with Crippen LogP contribution in [0.3, 0.4) is 0 Å². The molecule has 1 aliphatic rings. The number of anilines is 3. The number of aromatic nitrogens is 3. The number of alkyl halides is 6. The highest BCUT2D eigenvalue weighted by Gasteiger charge is 2.38. The third-order valence-electron chi connectivity index (χ3n) is 7.22. The van der Waals surface area contributed by atoms with Gasteiger partial charge in [0.1, 0.15) is 11.6 Å². The third kappa shape index (κ3) is 6.82. The van der Waals surface area contributed by atoms with E-state index in [0.717, 1.165) is 5.56 Å². The van der Waals surface area contributed by atoms with E-state index in [1.807, 2.05) is 12.1 Å². The van der Waals surface area contributed by atoms with Crippen LogP contribution in [0.15, 0.2) is 60.8 Å². The minimum absolute atomic E-state index is 0.0372. The number of nitrogens with one attached hydrogen (secondary N) is 1. The molecule has 1 aliphatic heterocycles. The van der Waals surface area contributed by atoms with Crippen molar-refractivity contribution in [3.8, 4) is 11.4 Å². The van der Waals surface area contributed by atoms with Crippen LogP contribution in [0.25, 0.3) is 5.69 Å². The van der Waals surface area contributed by atoms with E-state index < -0.39 is 35.8 Å². The lowest BCUT2D eigenvalue weighted by molar-refractivity contribution is -0.142. The van der Waals surface area contributed by atoms with Crippen molar-refractivity contribution < 1.29 is 41.0 Å². The first-order valence-corrected chi connectivity index (χ1v) is 13.7. The number of methoxy groups -OCH3 is 1. The summed E-state index contributed by atoms with van der Waals surface area (Å²) in [6.45, 7) is 2.37. The van der Waals surface area contributed by atoms with Crippen molar-refractivity contribution in [1.82, 2.24) is 19.7 Å². The van der Waals surface area contributed by atoms with Crippen LogP contribution in [0.5, 0.6) is 5.75 Å². The third-order valence-corrected chi connectivity index (χ3v) is 7.22. The highest BCUT2D eigenvalue weighted by Crippen LogP contribution is 2.41. The number of urea groups is 1. The Morgan fingerprint density at radius 3 is 2.36 bits per heavy atom. The molecule has 0 radical (unpaired) electrons. The van der Waals surface area contributed by atoms with Gasteiger partial charge in [0.05, 0.1) is 29.6 Å². The van der Waals surface area contributed by atoms with Crippen LogP contribution < -0.4 is 15.0 Å². The Labute approximate surface area is 253 Å². The van der Waals surface area contributed by atoms with Gasteiger partial charge in [-0.25, -0.2) is 14.5 Å². The lowest BCUT2D eigenvalue weighted by Gasteiger charge is -2.20. The average Bonchev–Trinajstić information content (AvgIpc) is 3.60. The number of halogens is 6. The van der Waals surface area contributed by atoms with Gasteiger partial charge < -0.3 is 20.1 Å². The maximum atomic E-state index is 13.8. The zero-order valence-corrected chi connectivity index (χ0v) is 24.1. The molecule has 2 amide bonds. The number of hydrogen-bond acceptors (Lipinski definition) is 6. The van der Waals surface area contributed by atoms with Crippen molar-refractivity contribution >= 4 is 23.4 Å². The minimum atomic E-state index is -5.10. The van der Waals surface area contributed by atoms with Crippen molar-refractivity contribution in [2.75, 3.05) is 37.0 Å². The van der Waals surface area contributed by atoms with Crippen LogP contribution >= 0.6 is 0 Å². The van der Waals surface area contributed by atoms with Gasteiger partial charge in [-0.1, -0.05) is 12.1 Å². The van der Waals surface area contributed by atoms with Crippen molar-refractivity contribution in [3.05, 3.63) is 88.7 Å². The Morgan fingerprint density at radius 2 is 1.71 bits per heavy atom. The molecule has 0 unspecified atom stereocenters. The molecule has 15 heteroatoms. The number of aryl methyl sites for hydroxylation is 1. The lowest BCUT2D eigenvalue weighted by Crippen LogP contribution is -2.31. The summed E-state index contributed by atoms with van der Waals surface area (Å²) in [6, 6.07) is 11.6. The molecular weight excluding hydrogens is 606 g/mol. The Kier molecular flexibility index (Phi) is 8.65. The summed E-state index contributed by atoms with van der Waals surface area (Å²) in [5.41, 5.74) is -1.72. The normalized spacial score (nSPS) is 13.9. The first-order chi connectivity index (χ1) is 21.3. The molecule has 1 saturated heterocycles. The van der Waals surface area contributed by atoms with Gasteiger partial charge in [-0.3, -0.25) is 4.90 Å². The van der Waals surface area contributed by atoms with Crippen LogP contribution in [-0.2, 0) is 25.3 Å². The molecule has 9 nitrogen and oxygen atoms in total. The fourth-order valence-corrected chi connectivity index (χ4v) is 5.03. The molecule has 4 aromatic rings. The van der Waals surface area contributed by atoms with Crippen LogP contribution in [0.1, 0.15) is 27.9 Å². The summed E-state index contributed by atoms with van der Waals surface area (Å²) in [4.78, 5) is 20.7. The van der Waals surface area contributed by atoms with Gasteiger partial charge in [-0.15, -0.1) is 5.10 Å². The summed E-state index contributed by atoms with van der Waals surface area (Å²) < 4.78 is 87.6. The number of ether oxygens (including phenoxy) is 1. The Morgan fingerprint density at radius 1 is 0.978 bits per heavy atom. The van der Waals surface area contributed by atoms with E-state index in [1.165, 1.54) is 9.58 Å². The number of carbonyl (C=O) groups excluding carboxylic acids is 1. The quantitative estimate of drug-likeness (QED) is 0.209. The summed E-state index contributed by atoms with van der Waals surface area (Å²) in [6.07, 6.45) is -8.59. The number of amides is 2. The highest BCUT2D eigenvalue weighted by atomic mass is 19.4. The maximum absolute atomic E-state index is 13.8. The monoisotopic (exact) mass is 634 g/mol. The summed E-state index contributed by atoms with van der Waals surface area (Å²) in [7, 11) is 1.57. The van der Waals surface area contributed by atoms with Gasteiger partial charge in [0.15, 0.2) is 5.82 Å². The zero-order chi connectivity index (χ0) is 32.5. The molecule has 0 aliphatic carbocycles. The van der Waals surface area contributed by atoms with Gasteiger partial charge in [0.25, 0.3) is 0 Å². The largest absolute Gasteiger partial charge is 0.497 e. The molecule has 3 heterocycles. The SMILES string of the molecule is COc1ccc(CN2CCN(c3ccn(-c4cc(C)nc(Nc5ccc(C(F)(F)F)cc5C(F)(F)F)c4CCO)n3)C2=O)cc1. The highest BCUT2D eigenvalue weighted by molar-refractivity contribution is 5.93. The molecule has 45 heavy (non-hydrogen) atoms. The summed E-state index contributed by atoms with van der Waals surface area (Å²) in [5, 5.41) is 16.9. The predicted octanol–water partition coefficient (Wildman–Crippen LogP) is 6.34. The zero-order valence-electron chi connectivity index (χ0n) is 24.1. The number of hydrogen-bond donors (Lipinski definition) is 2. The van der Waals surface area contributed by atoms with Crippen molar-refractivity contribution in [2.24, 2.45) is 0 Å². The Bertz CT molecular complexity index is 1690. The second-order valence-corrected chi connectivity index (χ2v) is 10.3. The van der Waals surface area contributed by atoms with Crippen molar-refractivity contribution in [3.63, 3.8) is 0 Å². The van der Waals surface area contributed by atoms with Crippen molar-refractivity contribution in [1.29, 1.82) is 0 Å². The summed E-state index contributed by atoms with van der Waals surface area (Å²) in [5.74, 6) is 0.937. The molecule has 1 fully saturated rings. The molecule has 0 atom stereocenters. The van der Waals surface area contributed by atoms with E-state index in [-0.39, 0.29) is 29.9 Å². The fourth-order valence-electron chi connectivity index (χ4n) is 5.03. The summed E-state index contributed by atoms with van der Waals surface area (Å²) >= 11 is 0. The van der Waals surface area contributed by atoms with Crippen LogP contribution in [0.2, 0.25) is 0 Å². The van der Waals surface area contributed by atoms with Gasteiger partial charge >= 0.3 is 18.4 Å². The van der Waals surface area contributed by atoms with E-state index in [4.69, 9.17) is 4.74 Å². The Balaban J connectivity index is 1.44. The van der Waals surface area contributed by atoms with E-state index in [1.54, 1.807) is 49.4 Å². The number of pyridine rings is 1. The van der Waals surface area contributed by atoms with Gasteiger partial charge in [0, 0.05) is 56.2 Å². The smallest absolute Gasteiger partial charge is 0.418 e. The second kappa shape index (κ2) is 12.3. The molecule has 0 spiro atoms. The molecule has 0 saturated carbocycles. The van der Waals surface area contributed by atoms with Gasteiger partial charge in [0.2, 0.25) is 0 Å². The first kappa shape index (κ1) is 31.6. The Hall–Kier alpha value is -4.79. The van der Waals surface area contributed by atoms with Crippen LogP contribution in [-0.4, -0.2) is 57.6 Å². The van der Waals surface area contributed by atoms with Crippen molar-refractivity contribution in [2.45, 2.75) is 32.2 Å².